The third-order valence-corrected chi connectivity index (χ3v) is 4.03. The summed E-state index contributed by atoms with van der Waals surface area (Å²) in [4.78, 5) is 3.89. The van der Waals surface area contributed by atoms with Crippen LogP contribution in [0.3, 0.4) is 0 Å². The number of hydrogen-bond donors (Lipinski definition) is 0. The molecule has 1 heterocycles. The van der Waals surface area contributed by atoms with E-state index in [9.17, 15) is 8.78 Å². The molecule has 0 saturated carbocycles. The normalized spacial score (nSPS) is 15.0. The number of hydrogen-bond acceptors (Lipinski definition) is 3. The Balaban J connectivity index is 2.44. The summed E-state index contributed by atoms with van der Waals surface area (Å²) in [5, 5.41) is 4.05. The molecule has 21 heavy (non-hydrogen) atoms. The third-order valence-electron chi connectivity index (χ3n) is 2.96. The van der Waals surface area contributed by atoms with Crippen molar-refractivity contribution >= 4 is 8.32 Å². The van der Waals surface area contributed by atoms with Gasteiger partial charge in [-0.15, -0.1) is 0 Å². The molecule has 2 rings (SSSR count). The number of rotatable bonds is 5. The molecule has 0 aliphatic heterocycles. The van der Waals surface area contributed by atoms with Gasteiger partial charge in [0.1, 0.15) is 29.9 Å². The second-order valence-corrected chi connectivity index (χ2v) is 10.6. The lowest BCUT2D eigenvalue weighted by Gasteiger charge is -2.36. The van der Waals surface area contributed by atoms with Crippen molar-refractivity contribution in [2.24, 2.45) is 0 Å². The molecule has 0 spiro atoms. The van der Waals surface area contributed by atoms with E-state index in [-0.39, 0.29) is 0 Å². The lowest BCUT2D eigenvalue weighted by Crippen LogP contribution is -2.42. The molecule has 0 amide bonds. The summed E-state index contributed by atoms with van der Waals surface area (Å²) in [5.41, 5.74) is -0.613. The van der Waals surface area contributed by atoms with Crippen molar-refractivity contribution < 1.29 is 13.2 Å². The summed E-state index contributed by atoms with van der Waals surface area (Å²) >= 11 is 0. The molecule has 0 saturated heterocycles. The van der Waals surface area contributed by atoms with Crippen molar-refractivity contribution in [2.45, 2.75) is 38.7 Å². The van der Waals surface area contributed by atoms with E-state index in [2.05, 4.69) is 10.1 Å². The summed E-state index contributed by atoms with van der Waals surface area (Å²) in [5.74, 6) is -1.22. The maximum atomic E-state index is 14.2. The minimum absolute atomic E-state index is 0.305. The third kappa shape index (κ3) is 3.95. The predicted octanol–water partition coefficient (Wildman–Crippen LogP) is 3.32. The van der Waals surface area contributed by atoms with Crippen LogP contribution in [0.25, 0.3) is 0 Å². The van der Waals surface area contributed by atoms with E-state index in [4.69, 9.17) is 4.43 Å². The number of aromatic nitrogens is 3. The molecule has 1 unspecified atom stereocenters. The molecule has 0 bridgehead atoms. The quantitative estimate of drug-likeness (QED) is 0.795. The zero-order valence-electron chi connectivity index (χ0n) is 12.6. The van der Waals surface area contributed by atoms with Crippen LogP contribution in [0.5, 0.6) is 0 Å². The Hall–Kier alpha value is -1.60. The number of halogens is 2. The van der Waals surface area contributed by atoms with Crippen LogP contribution in [0, 0.1) is 11.6 Å². The van der Waals surface area contributed by atoms with Gasteiger partial charge in [-0.2, -0.15) is 5.10 Å². The van der Waals surface area contributed by atoms with Crippen LogP contribution in [0.1, 0.15) is 12.5 Å². The van der Waals surface area contributed by atoms with Gasteiger partial charge in [0, 0.05) is 11.6 Å². The van der Waals surface area contributed by atoms with E-state index in [0.29, 0.717) is 12.1 Å². The van der Waals surface area contributed by atoms with Gasteiger partial charge < -0.3 is 4.43 Å². The Bertz CT molecular complexity index is 613. The molecule has 0 aliphatic carbocycles. The fourth-order valence-corrected chi connectivity index (χ4v) is 3.92. The van der Waals surface area contributed by atoms with Crippen LogP contribution in [0.4, 0.5) is 8.78 Å². The van der Waals surface area contributed by atoms with Gasteiger partial charge in [-0.05, 0) is 32.6 Å². The second-order valence-electron chi connectivity index (χ2n) is 6.16. The zero-order valence-corrected chi connectivity index (χ0v) is 13.6. The summed E-state index contributed by atoms with van der Waals surface area (Å²) in [6.07, 6.45) is 2.96. The summed E-state index contributed by atoms with van der Waals surface area (Å²) < 4.78 is 35.1. The molecule has 4 nitrogen and oxygen atoms in total. The van der Waals surface area contributed by atoms with Crippen molar-refractivity contribution in [3.05, 3.63) is 48.1 Å². The Kier molecular flexibility index (Phi) is 4.24. The van der Waals surface area contributed by atoms with E-state index in [1.165, 1.54) is 18.5 Å². The fraction of sp³-hybridized carbons (Fsp3) is 0.429. The molecule has 0 fully saturated rings. The van der Waals surface area contributed by atoms with E-state index in [0.717, 1.165) is 6.07 Å². The van der Waals surface area contributed by atoms with Crippen molar-refractivity contribution in [2.75, 3.05) is 0 Å². The van der Waals surface area contributed by atoms with Crippen molar-refractivity contribution in [3.8, 4) is 0 Å². The highest BCUT2D eigenvalue weighted by Gasteiger charge is 2.36. The number of nitrogens with zero attached hydrogens (tertiary/aromatic N) is 3. The van der Waals surface area contributed by atoms with Gasteiger partial charge in [-0.1, -0.05) is 6.07 Å². The molecule has 1 aromatic carbocycles. The van der Waals surface area contributed by atoms with Gasteiger partial charge in [-0.3, -0.25) is 0 Å². The van der Waals surface area contributed by atoms with Gasteiger partial charge in [0.2, 0.25) is 0 Å². The molecule has 0 N–H and O–H groups in total. The van der Waals surface area contributed by atoms with Crippen LogP contribution in [0.2, 0.25) is 19.6 Å². The van der Waals surface area contributed by atoms with E-state index >= 15 is 0 Å². The van der Waals surface area contributed by atoms with Gasteiger partial charge >= 0.3 is 0 Å². The summed E-state index contributed by atoms with van der Waals surface area (Å²) in [7, 11) is -1.97. The zero-order chi connectivity index (χ0) is 15.7. The molecule has 0 aliphatic rings. The van der Waals surface area contributed by atoms with Crippen LogP contribution >= 0.6 is 0 Å². The van der Waals surface area contributed by atoms with Gasteiger partial charge in [0.05, 0.1) is 6.54 Å². The van der Waals surface area contributed by atoms with Crippen molar-refractivity contribution in [1.82, 2.24) is 14.8 Å². The first-order valence-electron chi connectivity index (χ1n) is 6.68. The van der Waals surface area contributed by atoms with E-state index in [1.807, 2.05) is 19.6 Å². The first kappa shape index (κ1) is 15.8. The monoisotopic (exact) mass is 311 g/mol. The Morgan fingerprint density at radius 1 is 1.29 bits per heavy atom. The van der Waals surface area contributed by atoms with Gasteiger partial charge in [0.25, 0.3) is 0 Å². The van der Waals surface area contributed by atoms with Crippen molar-refractivity contribution in [3.63, 3.8) is 0 Å². The highest BCUT2D eigenvalue weighted by atomic mass is 28.4. The second kappa shape index (κ2) is 5.65. The number of benzene rings is 1. The maximum absolute atomic E-state index is 14.2. The maximum Gasteiger partial charge on any atom is 0.185 e. The van der Waals surface area contributed by atoms with Crippen LogP contribution in [0.15, 0.2) is 30.9 Å². The van der Waals surface area contributed by atoms with Crippen molar-refractivity contribution in [1.29, 1.82) is 0 Å². The Morgan fingerprint density at radius 3 is 2.52 bits per heavy atom. The molecule has 7 heteroatoms. The molecular weight excluding hydrogens is 292 g/mol. The fourth-order valence-electron chi connectivity index (χ4n) is 2.39. The lowest BCUT2D eigenvalue weighted by molar-refractivity contribution is 0.0509. The first-order valence-corrected chi connectivity index (χ1v) is 10.1. The molecule has 114 valence electrons. The standard InChI is InChI=1S/C14H19F2N3OSi/c1-14(20-21(2,3)4,8-19-10-17-9-18-19)12-6-5-11(15)7-13(12)16/h5-7,9-10H,8H2,1-4H3. The highest BCUT2D eigenvalue weighted by molar-refractivity contribution is 6.69. The predicted molar refractivity (Wildman–Crippen MR) is 78.2 cm³/mol. The SMILES string of the molecule is CC(Cn1cncn1)(O[Si](C)(C)C)c1ccc(F)cc1F. The minimum Gasteiger partial charge on any atom is -0.406 e. The Morgan fingerprint density at radius 2 is 2.00 bits per heavy atom. The molecular formula is C14H19F2N3OSi. The smallest absolute Gasteiger partial charge is 0.185 e. The largest absolute Gasteiger partial charge is 0.406 e. The minimum atomic E-state index is -1.97. The average molecular weight is 311 g/mol. The van der Waals surface area contributed by atoms with E-state index < -0.39 is 25.6 Å². The summed E-state index contributed by atoms with van der Waals surface area (Å²) in [6, 6.07) is 3.55. The average Bonchev–Trinajstić information content (AvgIpc) is 2.78. The van der Waals surface area contributed by atoms with Crippen LogP contribution in [-0.4, -0.2) is 23.1 Å². The summed E-state index contributed by atoms with van der Waals surface area (Å²) in [6.45, 7) is 8.17. The topological polar surface area (TPSA) is 39.9 Å². The first-order chi connectivity index (χ1) is 9.70. The Labute approximate surface area is 123 Å². The lowest BCUT2D eigenvalue weighted by atomic mass is 9.95. The highest BCUT2D eigenvalue weighted by Crippen LogP contribution is 2.33. The van der Waals surface area contributed by atoms with Gasteiger partial charge in [0.15, 0.2) is 8.32 Å². The van der Waals surface area contributed by atoms with Crippen LogP contribution in [-0.2, 0) is 16.6 Å². The van der Waals surface area contributed by atoms with Gasteiger partial charge in [-0.25, -0.2) is 18.4 Å². The molecule has 1 atom stereocenters. The molecule has 1 aromatic heterocycles. The molecule has 2 aromatic rings. The molecule has 0 radical (unpaired) electrons. The van der Waals surface area contributed by atoms with Crippen LogP contribution < -0.4 is 0 Å². The van der Waals surface area contributed by atoms with E-state index in [1.54, 1.807) is 17.9 Å².